The Morgan fingerprint density at radius 1 is 1.42 bits per heavy atom. The minimum absolute atomic E-state index is 0.0528. The van der Waals surface area contributed by atoms with Crippen LogP contribution in [-0.4, -0.2) is 28.8 Å². The number of rotatable bonds is 2. The molecular weight excluding hydrogens is 256 g/mol. The molecule has 0 bridgehead atoms. The highest BCUT2D eigenvalue weighted by molar-refractivity contribution is 7.99. The molecule has 2 aliphatic heterocycles. The molecule has 1 aromatic carbocycles. The molecule has 2 heterocycles. The maximum atomic E-state index is 10.7. The lowest BCUT2D eigenvalue weighted by Crippen LogP contribution is -2.41. The van der Waals surface area contributed by atoms with Crippen LogP contribution >= 0.6 is 11.8 Å². The summed E-state index contributed by atoms with van der Waals surface area (Å²) < 4.78 is 6.04. The van der Waals surface area contributed by atoms with Crippen molar-refractivity contribution in [1.29, 1.82) is 0 Å². The molecule has 0 radical (unpaired) electrons. The third-order valence-corrected chi connectivity index (χ3v) is 5.77. The zero-order valence-corrected chi connectivity index (χ0v) is 12.3. The van der Waals surface area contributed by atoms with Crippen molar-refractivity contribution in [2.45, 2.75) is 37.9 Å². The van der Waals surface area contributed by atoms with E-state index in [0.717, 1.165) is 37.2 Å². The summed E-state index contributed by atoms with van der Waals surface area (Å²) in [5.74, 6) is 2.64. The van der Waals surface area contributed by atoms with Gasteiger partial charge >= 0.3 is 0 Å². The summed E-state index contributed by atoms with van der Waals surface area (Å²) in [5.41, 5.74) is 2.34. The van der Waals surface area contributed by atoms with Crippen molar-refractivity contribution < 1.29 is 9.84 Å². The predicted molar refractivity (Wildman–Crippen MR) is 79.5 cm³/mol. The molecule has 0 saturated carbocycles. The lowest BCUT2D eigenvalue weighted by Gasteiger charge is -2.39. The monoisotopic (exact) mass is 278 g/mol. The van der Waals surface area contributed by atoms with Gasteiger partial charge in [-0.1, -0.05) is 24.3 Å². The number of aliphatic hydroxyl groups excluding tert-OH is 1. The lowest BCUT2D eigenvalue weighted by atomic mass is 9.79. The molecule has 3 atom stereocenters. The first-order valence-electron chi connectivity index (χ1n) is 7.15. The van der Waals surface area contributed by atoms with Crippen LogP contribution in [0.5, 0.6) is 0 Å². The first-order valence-corrected chi connectivity index (χ1v) is 8.31. The van der Waals surface area contributed by atoms with Gasteiger partial charge in [-0.3, -0.25) is 0 Å². The number of hydrogen-bond donors (Lipinski definition) is 1. The Morgan fingerprint density at radius 3 is 3.00 bits per heavy atom. The fourth-order valence-electron chi connectivity index (χ4n) is 3.37. The Labute approximate surface area is 119 Å². The van der Waals surface area contributed by atoms with Crippen LogP contribution in [0.25, 0.3) is 0 Å². The van der Waals surface area contributed by atoms with Crippen LogP contribution in [0, 0.1) is 12.8 Å². The Kier molecular flexibility index (Phi) is 3.88. The number of aliphatic hydroxyl groups is 1. The molecule has 2 fully saturated rings. The Hall–Kier alpha value is -0.510. The second-order valence-electron chi connectivity index (χ2n) is 5.89. The van der Waals surface area contributed by atoms with Crippen LogP contribution < -0.4 is 0 Å². The highest BCUT2D eigenvalue weighted by Gasteiger charge is 2.42. The van der Waals surface area contributed by atoms with E-state index in [2.05, 4.69) is 19.1 Å². The molecule has 1 aromatic rings. The van der Waals surface area contributed by atoms with Crippen molar-refractivity contribution in [2.24, 2.45) is 5.92 Å². The zero-order valence-electron chi connectivity index (χ0n) is 11.5. The van der Waals surface area contributed by atoms with Gasteiger partial charge in [-0.2, -0.15) is 11.8 Å². The van der Waals surface area contributed by atoms with Gasteiger partial charge in [0.05, 0.1) is 11.7 Å². The van der Waals surface area contributed by atoms with Gasteiger partial charge in [0.15, 0.2) is 0 Å². The molecule has 2 aliphatic rings. The molecule has 0 aliphatic carbocycles. The van der Waals surface area contributed by atoms with Crippen LogP contribution in [0.1, 0.15) is 36.5 Å². The summed E-state index contributed by atoms with van der Waals surface area (Å²) in [4.78, 5) is 0. The van der Waals surface area contributed by atoms with Crippen molar-refractivity contribution in [3.05, 3.63) is 35.4 Å². The zero-order chi connectivity index (χ0) is 13.3. The summed E-state index contributed by atoms with van der Waals surface area (Å²) in [6.07, 6.45) is 2.79. The van der Waals surface area contributed by atoms with E-state index < -0.39 is 0 Å². The smallest absolute Gasteiger partial charge is 0.0822 e. The van der Waals surface area contributed by atoms with E-state index in [-0.39, 0.29) is 11.7 Å². The summed E-state index contributed by atoms with van der Waals surface area (Å²) >= 11 is 1.99. The lowest BCUT2D eigenvalue weighted by molar-refractivity contribution is -0.102. The Bertz CT molecular complexity index is 440. The van der Waals surface area contributed by atoms with Gasteiger partial charge in [-0.25, -0.2) is 0 Å². The first-order chi connectivity index (χ1) is 9.20. The molecule has 2 nitrogen and oxygen atoms in total. The fourth-order valence-corrected chi connectivity index (χ4v) is 4.75. The second-order valence-corrected chi connectivity index (χ2v) is 6.99. The predicted octanol–water partition coefficient (Wildman–Crippen LogP) is 3.33. The van der Waals surface area contributed by atoms with E-state index in [1.54, 1.807) is 0 Å². The van der Waals surface area contributed by atoms with Gasteiger partial charge in [0.1, 0.15) is 0 Å². The molecule has 0 amide bonds. The van der Waals surface area contributed by atoms with Crippen LogP contribution in [0.15, 0.2) is 24.3 Å². The quantitative estimate of drug-likeness (QED) is 0.900. The molecule has 104 valence electrons. The van der Waals surface area contributed by atoms with Gasteiger partial charge in [-0.05, 0) is 49.0 Å². The third-order valence-electron chi connectivity index (χ3n) is 4.55. The molecule has 3 unspecified atom stereocenters. The van der Waals surface area contributed by atoms with Crippen molar-refractivity contribution in [3.8, 4) is 0 Å². The van der Waals surface area contributed by atoms with Gasteiger partial charge in [-0.15, -0.1) is 0 Å². The average molecular weight is 278 g/mol. The number of aryl methyl sites for hydroxylation is 1. The molecule has 2 saturated heterocycles. The highest BCUT2D eigenvalue weighted by Crippen LogP contribution is 2.44. The molecule has 3 rings (SSSR count). The summed E-state index contributed by atoms with van der Waals surface area (Å²) in [5, 5.41) is 10.7. The highest BCUT2D eigenvalue weighted by atomic mass is 32.2. The van der Waals surface area contributed by atoms with E-state index in [1.165, 1.54) is 11.3 Å². The molecule has 19 heavy (non-hydrogen) atoms. The maximum Gasteiger partial charge on any atom is 0.0822 e. The van der Waals surface area contributed by atoms with E-state index in [9.17, 15) is 5.11 Å². The van der Waals surface area contributed by atoms with Crippen molar-refractivity contribution in [2.75, 3.05) is 18.1 Å². The van der Waals surface area contributed by atoms with Crippen LogP contribution in [0.4, 0.5) is 0 Å². The van der Waals surface area contributed by atoms with Crippen molar-refractivity contribution in [3.63, 3.8) is 0 Å². The Balaban J connectivity index is 1.76. The summed E-state index contributed by atoms with van der Waals surface area (Å²) in [6, 6.07) is 8.20. The molecule has 1 spiro atoms. The number of ether oxygens (including phenoxy) is 1. The van der Waals surface area contributed by atoms with E-state index in [1.807, 2.05) is 23.9 Å². The van der Waals surface area contributed by atoms with Gasteiger partial charge < -0.3 is 9.84 Å². The van der Waals surface area contributed by atoms with Crippen LogP contribution in [0.3, 0.4) is 0 Å². The largest absolute Gasteiger partial charge is 0.388 e. The number of benzene rings is 1. The topological polar surface area (TPSA) is 29.5 Å². The minimum atomic E-state index is -0.340. The van der Waals surface area contributed by atoms with E-state index >= 15 is 0 Å². The van der Waals surface area contributed by atoms with Crippen molar-refractivity contribution >= 4 is 11.8 Å². The van der Waals surface area contributed by atoms with Crippen molar-refractivity contribution in [1.82, 2.24) is 0 Å². The third kappa shape index (κ3) is 2.69. The van der Waals surface area contributed by atoms with Gasteiger partial charge in [0, 0.05) is 12.4 Å². The fraction of sp³-hybridized carbons (Fsp3) is 0.625. The summed E-state index contributed by atoms with van der Waals surface area (Å²) in [7, 11) is 0. The number of hydrogen-bond acceptors (Lipinski definition) is 3. The van der Waals surface area contributed by atoms with Crippen LogP contribution in [-0.2, 0) is 4.74 Å². The number of thioether (sulfide) groups is 1. The van der Waals surface area contributed by atoms with Gasteiger partial charge in [0.25, 0.3) is 0 Å². The molecule has 3 heteroatoms. The first kappa shape index (κ1) is 13.5. The Morgan fingerprint density at radius 2 is 2.26 bits per heavy atom. The minimum Gasteiger partial charge on any atom is -0.388 e. The average Bonchev–Trinajstić information content (AvgIpc) is 2.86. The van der Waals surface area contributed by atoms with Gasteiger partial charge in [0.2, 0.25) is 0 Å². The van der Waals surface area contributed by atoms with E-state index in [0.29, 0.717) is 5.92 Å². The molecule has 0 aromatic heterocycles. The standard InChI is InChI=1S/C16H22O2S/c1-12-4-2-3-5-14(12)15(17)13-6-8-18-16(10-13)7-9-19-11-16/h2-5,13,15,17H,6-11H2,1H3. The van der Waals surface area contributed by atoms with E-state index in [4.69, 9.17) is 4.74 Å². The SMILES string of the molecule is Cc1ccccc1C(O)C1CCOC2(CCSC2)C1. The van der Waals surface area contributed by atoms with Crippen LogP contribution in [0.2, 0.25) is 0 Å². The summed E-state index contributed by atoms with van der Waals surface area (Å²) in [6.45, 7) is 2.88. The normalized spacial score (nSPS) is 32.6. The molecule has 1 N–H and O–H groups in total. The maximum absolute atomic E-state index is 10.7. The second kappa shape index (κ2) is 5.47. The molecular formula is C16H22O2S.